The van der Waals surface area contributed by atoms with Gasteiger partial charge in [-0.15, -0.1) is 24.8 Å². The minimum Gasteiger partial charge on any atom is -0.317 e. The molecule has 1 unspecified atom stereocenters. The van der Waals surface area contributed by atoms with Crippen molar-refractivity contribution in [2.75, 3.05) is 13.1 Å². The first-order valence-corrected chi connectivity index (χ1v) is 2.12. The summed E-state index contributed by atoms with van der Waals surface area (Å²) in [6.07, 6.45) is 0. The first-order chi connectivity index (χ1) is 2.41. The van der Waals surface area contributed by atoms with E-state index in [0.717, 1.165) is 13.1 Å². The molecule has 0 spiro atoms. The summed E-state index contributed by atoms with van der Waals surface area (Å²) in [5.41, 5.74) is 0. The molecule has 0 aliphatic heterocycles. The van der Waals surface area contributed by atoms with Crippen LogP contribution in [-0.2, 0) is 0 Å². The summed E-state index contributed by atoms with van der Waals surface area (Å²) in [5, 5.41) is 3.11. The van der Waals surface area contributed by atoms with Crippen LogP contribution < -0.4 is 5.32 Å². The average molecular weight is 180 g/mol. The van der Waals surface area contributed by atoms with Gasteiger partial charge in [-0.3, -0.25) is 0 Å². The molecule has 0 aromatic heterocycles. The zero-order valence-electron chi connectivity index (χ0n) is 5.44. The molecule has 0 rings (SSSR count). The van der Waals surface area contributed by atoms with Crippen molar-refractivity contribution in [3.05, 3.63) is 0 Å². The summed E-state index contributed by atoms with van der Waals surface area (Å²) in [6, 6.07) is 0. The molecule has 1 nitrogen and oxygen atoms in total. The Morgan fingerprint density at radius 1 is 1.00 bits per heavy atom. The lowest BCUT2D eigenvalue weighted by molar-refractivity contribution is 0.762. The molecule has 0 heterocycles. The Balaban J connectivity index is -0.0000000267. The molecule has 0 fully saturated rings. The summed E-state index contributed by atoms with van der Waals surface area (Å²) in [4.78, 5) is 0. The highest BCUT2D eigenvalue weighted by atomic mass is 35.5. The van der Waals surface area contributed by atoms with Crippen LogP contribution in [0.15, 0.2) is 0 Å². The first kappa shape index (κ1) is 23.1. The fourth-order valence-electron chi connectivity index (χ4n) is 0.250. The maximum Gasteiger partial charge on any atom is -0.00775 e. The van der Waals surface area contributed by atoms with Gasteiger partial charge in [0.05, 0.1) is 0 Å². The molecule has 0 aromatic rings. The van der Waals surface area contributed by atoms with Crippen molar-refractivity contribution >= 4 is 34.7 Å². The Morgan fingerprint density at radius 2 is 1.25 bits per heavy atom. The molecule has 0 saturated carbocycles. The highest BCUT2D eigenvalue weighted by Gasteiger charge is 1.62. The van der Waals surface area contributed by atoms with Gasteiger partial charge in [-0.1, -0.05) is 13.8 Å². The van der Waals surface area contributed by atoms with E-state index in [1.54, 1.807) is 0 Å². The van der Waals surface area contributed by atoms with Gasteiger partial charge in [0.2, 0.25) is 0 Å². The molecule has 0 aliphatic rings. The van der Waals surface area contributed by atoms with Gasteiger partial charge in [0.15, 0.2) is 0 Å². The zero-order chi connectivity index (χ0) is 4.12. The van der Waals surface area contributed by atoms with Crippen LogP contribution in [0, 0.1) is 0 Å². The van der Waals surface area contributed by atoms with Gasteiger partial charge < -0.3 is 5.32 Å². The lowest BCUT2D eigenvalue weighted by Crippen LogP contribution is -2.09. The molecular formula is C4H16Cl2NP. The van der Waals surface area contributed by atoms with Crippen molar-refractivity contribution in [2.45, 2.75) is 13.8 Å². The maximum absolute atomic E-state index is 3.11. The smallest absolute Gasteiger partial charge is 0.00775 e. The molecule has 0 amide bonds. The summed E-state index contributed by atoms with van der Waals surface area (Å²) in [5.74, 6) is 0. The second kappa shape index (κ2) is 24.6. The maximum atomic E-state index is 3.11. The highest BCUT2D eigenvalue weighted by Crippen LogP contribution is 1.47. The summed E-state index contributed by atoms with van der Waals surface area (Å²) in [7, 11) is 0. The fourth-order valence-corrected chi connectivity index (χ4v) is 0.250. The van der Waals surface area contributed by atoms with E-state index in [2.05, 4.69) is 19.2 Å². The van der Waals surface area contributed by atoms with E-state index < -0.39 is 0 Å². The van der Waals surface area contributed by atoms with Gasteiger partial charge in [-0.05, 0) is 13.1 Å². The molecule has 1 N–H and O–H groups in total. The zero-order valence-corrected chi connectivity index (χ0v) is 8.49. The van der Waals surface area contributed by atoms with Gasteiger partial charge in [-0.25, -0.2) is 0 Å². The summed E-state index contributed by atoms with van der Waals surface area (Å²) in [6.45, 7) is 6.39. The number of halogens is 2. The fraction of sp³-hybridized carbons (Fsp3) is 1.00. The van der Waals surface area contributed by atoms with Crippen LogP contribution in [0.2, 0.25) is 0 Å². The van der Waals surface area contributed by atoms with E-state index in [4.69, 9.17) is 0 Å². The van der Waals surface area contributed by atoms with Crippen molar-refractivity contribution in [1.82, 2.24) is 5.32 Å². The molecule has 0 radical (unpaired) electrons. The van der Waals surface area contributed by atoms with Crippen molar-refractivity contribution < 1.29 is 0 Å². The molecular weight excluding hydrogens is 164 g/mol. The van der Waals surface area contributed by atoms with Gasteiger partial charge >= 0.3 is 0 Å². The third-order valence-corrected chi connectivity index (χ3v) is 0.500. The van der Waals surface area contributed by atoms with E-state index >= 15 is 0 Å². The standard InChI is InChI=1S/C4H11N.2ClH.H3P/c1-3-5-4-2;;;/h5H,3-4H2,1-2H3;2*1H;1H3. The molecule has 56 valence electrons. The van der Waals surface area contributed by atoms with Gasteiger partial charge in [0.25, 0.3) is 0 Å². The Morgan fingerprint density at radius 3 is 1.25 bits per heavy atom. The van der Waals surface area contributed by atoms with Crippen LogP contribution in [0.25, 0.3) is 0 Å². The van der Waals surface area contributed by atoms with Crippen LogP contribution in [0.1, 0.15) is 13.8 Å². The number of hydrogen-bond donors (Lipinski definition) is 1. The number of hydrogen-bond acceptors (Lipinski definition) is 1. The topological polar surface area (TPSA) is 12.0 Å². The average Bonchev–Trinajstić information content (AvgIpc) is 1.41. The minimum atomic E-state index is 0. The third-order valence-electron chi connectivity index (χ3n) is 0.500. The molecule has 0 aromatic carbocycles. The monoisotopic (exact) mass is 179 g/mol. The molecule has 4 heteroatoms. The van der Waals surface area contributed by atoms with E-state index in [0.29, 0.717) is 0 Å². The molecule has 0 aliphatic carbocycles. The van der Waals surface area contributed by atoms with Crippen LogP contribution in [0.5, 0.6) is 0 Å². The normalized spacial score (nSPS) is 5.25. The predicted molar refractivity (Wildman–Crippen MR) is 49.8 cm³/mol. The predicted octanol–water partition coefficient (Wildman–Crippen LogP) is 1.52. The van der Waals surface area contributed by atoms with Crippen molar-refractivity contribution in [3.63, 3.8) is 0 Å². The second-order valence-corrected chi connectivity index (χ2v) is 0.957. The molecule has 8 heavy (non-hydrogen) atoms. The van der Waals surface area contributed by atoms with Crippen molar-refractivity contribution in [2.24, 2.45) is 0 Å². The number of rotatable bonds is 2. The van der Waals surface area contributed by atoms with Crippen LogP contribution >= 0.6 is 34.7 Å². The Labute approximate surface area is 67.4 Å². The quantitative estimate of drug-likeness (QED) is 0.635. The lowest BCUT2D eigenvalue weighted by Gasteiger charge is -1.86. The van der Waals surface area contributed by atoms with Crippen LogP contribution in [0.4, 0.5) is 0 Å². The van der Waals surface area contributed by atoms with Crippen LogP contribution in [0.3, 0.4) is 0 Å². The largest absolute Gasteiger partial charge is 0.317 e. The SMILES string of the molecule is CCNCC.Cl.Cl.P. The van der Waals surface area contributed by atoms with Gasteiger partial charge in [0, 0.05) is 0 Å². The highest BCUT2D eigenvalue weighted by molar-refractivity contribution is 6.92. The van der Waals surface area contributed by atoms with Gasteiger partial charge in [-0.2, -0.15) is 9.90 Å². The van der Waals surface area contributed by atoms with Crippen LogP contribution in [-0.4, -0.2) is 13.1 Å². The molecule has 0 bridgehead atoms. The van der Waals surface area contributed by atoms with E-state index in [1.165, 1.54) is 0 Å². The molecule has 1 atom stereocenters. The third kappa shape index (κ3) is 28.2. The first-order valence-electron chi connectivity index (χ1n) is 2.12. The second-order valence-electron chi connectivity index (χ2n) is 0.957. The number of nitrogens with one attached hydrogen (secondary N) is 1. The summed E-state index contributed by atoms with van der Waals surface area (Å²) >= 11 is 0. The lowest BCUT2D eigenvalue weighted by atomic mass is 10.7. The summed E-state index contributed by atoms with van der Waals surface area (Å²) < 4.78 is 0. The van der Waals surface area contributed by atoms with E-state index in [1.807, 2.05) is 0 Å². The van der Waals surface area contributed by atoms with Crippen molar-refractivity contribution in [3.8, 4) is 0 Å². The van der Waals surface area contributed by atoms with Crippen molar-refractivity contribution in [1.29, 1.82) is 0 Å². The van der Waals surface area contributed by atoms with E-state index in [-0.39, 0.29) is 34.7 Å². The van der Waals surface area contributed by atoms with Gasteiger partial charge in [0.1, 0.15) is 0 Å². The Kier molecular flexibility index (Phi) is 70.8. The molecule has 0 saturated heterocycles. The minimum absolute atomic E-state index is 0. The Bertz CT molecular complexity index is 21.5. The Hall–Kier alpha value is 0.970. The van der Waals surface area contributed by atoms with E-state index in [9.17, 15) is 0 Å².